The third-order valence-electron chi connectivity index (χ3n) is 1.93. The molecule has 0 aliphatic heterocycles. The fourth-order valence-electron chi connectivity index (χ4n) is 0.947. The van der Waals surface area contributed by atoms with Gasteiger partial charge in [0.1, 0.15) is 6.29 Å². The van der Waals surface area contributed by atoms with Crippen LogP contribution in [0.4, 0.5) is 0 Å². The molecule has 4 nitrogen and oxygen atoms in total. The smallest absolute Gasteiger partial charge is 0.316 e. The molecule has 1 aromatic rings. The summed E-state index contributed by atoms with van der Waals surface area (Å²) < 4.78 is 5.00. The quantitative estimate of drug-likeness (QED) is 0.473. The molecule has 86 valence electrons. The molecule has 4 heteroatoms. The van der Waals surface area contributed by atoms with Crippen molar-refractivity contribution in [2.24, 2.45) is 5.41 Å². The first-order chi connectivity index (χ1) is 7.34. The summed E-state index contributed by atoms with van der Waals surface area (Å²) in [5.74, 6) is -0.602. The summed E-state index contributed by atoms with van der Waals surface area (Å²) >= 11 is 0. The lowest BCUT2D eigenvalue weighted by Crippen LogP contribution is -2.25. The molecule has 1 rings (SSSR count). The predicted octanol–water partition coefficient (Wildman–Crippen LogP) is 2.16. The average Bonchev–Trinajstić information content (AvgIpc) is 2.19. The van der Waals surface area contributed by atoms with Crippen LogP contribution < -0.4 is 4.74 Å². The summed E-state index contributed by atoms with van der Waals surface area (Å²) in [4.78, 5) is 22.0. The molecule has 0 bridgehead atoms. The predicted molar refractivity (Wildman–Crippen MR) is 58.6 cm³/mol. The molecule has 0 spiro atoms. The summed E-state index contributed by atoms with van der Waals surface area (Å²) in [6, 6.07) is 4.11. The third-order valence-corrected chi connectivity index (χ3v) is 1.93. The number of carbonyl (C=O) groups excluding carboxylic acids is 2. The van der Waals surface area contributed by atoms with Gasteiger partial charge in [-0.05, 0) is 39.0 Å². The fourth-order valence-corrected chi connectivity index (χ4v) is 0.947. The zero-order chi connectivity index (χ0) is 12.3. The molecular weight excluding hydrogens is 208 g/mol. The molecule has 1 N–H and O–H groups in total. The lowest BCUT2D eigenvalue weighted by atomic mass is 9.97. The van der Waals surface area contributed by atoms with Gasteiger partial charge in [0.15, 0.2) is 11.5 Å². The molecule has 0 heterocycles. The lowest BCUT2D eigenvalue weighted by Gasteiger charge is -2.16. The third kappa shape index (κ3) is 2.82. The van der Waals surface area contributed by atoms with Gasteiger partial charge in [0, 0.05) is 5.56 Å². The number of esters is 1. The van der Waals surface area contributed by atoms with E-state index in [0.717, 1.165) is 0 Å². The van der Waals surface area contributed by atoms with Gasteiger partial charge in [0.2, 0.25) is 0 Å². The average molecular weight is 222 g/mol. The van der Waals surface area contributed by atoms with Gasteiger partial charge < -0.3 is 9.84 Å². The van der Waals surface area contributed by atoms with E-state index >= 15 is 0 Å². The Morgan fingerprint density at radius 1 is 1.38 bits per heavy atom. The van der Waals surface area contributed by atoms with E-state index in [1.165, 1.54) is 18.2 Å². The van der Waals surface area contributed by atoms with Crippen molar-refractivity contribution < 1.29 is 19.4 Å². The summed E-state index contributed by atoms with van der Waals surface area (Å²) in [6.45, 7) is 5.14. The summed E-state index contributed by atoms with van der Waals surface area (Å²) in [6.07, 6.45) is 0.606. The van der Waals surface area contributed by atoms with Gasteiger partial charge >= 0.3 is 5.97 Å². The van der Waals surface area contributed by atoms with Crippen molar-refractivity contribution in [3.8, 4) is 11.5 Å². The second kappa shape index (κ2) is 4.35. The van der Waals surface area contributed by atoms with Crippen molar-refractivity contribution in [2.45, 2.75) is 20.8 Å². The Bertz CT molecular complexity index is 416. The summed E-state index contributed by atoms with van der Waals surface area (Å²) in [5, 5.41) is 9.50. The molecule has 0 radical (unpaired) electrons. The Morgan fingerprint density at radius 3 is 2.44 bits per heavy atom. The standard InChI is InChI=1S/C12H14O4/c1-12(2,3)11(15)16-10-5-4-8(7-13)6-9(10)14/h4-7,14H,1-3H3. The SMILES string of the molecule is CC(C)(C)C(=O)Oc1ccc(C=O)cc1O. The number of hydrogen-bond acceptors (Lipinski definition) is 4. The first-order valence-corrected chi connectivity index (χ1v) is 4.85. The number of phenols is 1. The Morgan fingerprint density at radius 2 is 2.00 bits per heavy atom. The van der Waals surface area contributed by atoms with Crippen LogP contribution in [0.2, 0.25) is 0 Å². The monoisotopic (exact) mass is 222 g/mol. The number of carbonyl (C=O) groups is 2. The molecule has 0 saturated carbocycles. The number of ether oxygens (including phenoxy) is 1. The highest BCUT2D eigenvalue weighted by Gasteiger charge is 2.24. The van der Waals surface area contributed by atoms with E-state index in [1.807, 2.05) is 0 Å². The first kappa shape index (κ1) is 12.2. The zero-order valence-corrected chi connectivity index (χ0v) is 9.48. The van der Waals surface area contributed by atoms with Crippen LogP contribution in [0, 0.1) is 5.41 Å². The second-order valence-electron chi connectivity index (χ2n) is 4.48. The number of rotatable bonds is 2. The van der Waals surface area contributed by atoms with Gasteiger partial charge in [0.05, 0.1) is 5.41 Å². The van der Waals surface area contributed by atoms with Crippen LogP contribution in [0.3, 0.4) is 0 Å². The van der Waals surface area contributed by atoms with Crippen LogP contribution in [0.5, 0.6) is 11.5 Å². The number of hydrogen-bond donors (Lipinski definition) is 1. The highest BCUT2D eigenvalue weighted by molar-refractivity contribution is 5.80. The minimum Gasteiger partial charge on any atom is -0.504 e. The van der Waals surface area contributed by atoms with E-state index in [-0.39, 0.29) is 11.5 Å². The van der Waals surface area contributed by atoms with E-state index in [4.69, 9.17) is 4.74 Å². The van der Waals surface area contributed by atoms with Crippen LogP contribution in [0.1, 0.15) is 31.1 Å². The topological polar surface area (TPSA) is 63.6 Å². The molecule has 0 atom stereocenters. The molecular formula is C12H14O4. The van der Waals surface area contributed by atoms with Crippen LogP contribution in [-0.4, -0.2) is 17.4 Å². The fraction of sp³-hybridized carbons (Fsp3) is 0.333. The van der Waals surface area contributed by atoms with E-state index in [0.29, 0.717) is 11.8 Å². The van der Waals surface area contributed by atoms with Crippen molar-refractivity contribution >= 4 is 12.3 Å². The van der Waals surface area contributed by atoms with Gasteiger partial charge in [-0.15, -0.1) is 0 Å². The molecule has 0 aliphatic carbocycles. The van der Waals surface area contributed by atoms with Crippen molar-refractivity contribution in [2.75, 3.05) is 0 Å². The highest BCUT2D eigenvalue weighted by atomic mass is 16.5. The Kier molecular flexibility index (Phi) is 3.32. The van der Waals surface area contributed by atoms with Crippen molar-refractivity contribution in [1.82, 2.24) is 0 Å². The number of benzene rings is 1. The Balaban J connectivity index is 2.91. The summed E-state index contributed by atoms with van der Waals surface area (Å²) in [5.41, 5.74) is -0.316. The van der Waals surface area contributed by atoms with Crippen LogP contribution >= 0.6 is 0 Å². The van der Waals surface area contributed by atoms with Crippen molar-refractivity contribution in [1.29, 1.82) is 0 Å². The van der Waals surface area contributed by atoms with Gasteiger partial charge in [-0.1, -0.05) is 0 Å². The molecule has 0 fully saturated rings. The maximum Gasteiger partial charge on any atom is 0.316 e. The minimum atomic E-state index is -0.643. The van der Waals surface area contributed by atoms with E-state index in [9.17, 15) is 14.7 Å². The molecule has 0 amide bonds. The first-order valence-electron chi connectivity index (χ1n) is 4.85. The number of aromatic hydroxyl groups is 1. The molecule has 0 aliphatic rings. The van der Waals surface area contributed by atoms with E-state index in [1.54, 1.807) is 20.8 Å². The van der Waals surface area contributed by atoms with Gasteiger partial charge in [-0.3, -0.25) is 9.59 Å². The van der Waals surface area contributed by atoms with Crippen molar-refractivity contribution in [3.63, 3.8) is 0 Å². The highest BCUT2D eigenvalue weighted by Crippen LogP contribution is 2.28. The minimum absolute atomic E-state index is 0.0607. The van der Waals surface area contributed by atoms with Gasteiger partial charge in [-0.2, -0.15) is 0 Å². The Hall–Kier alpha value is -1.84. The largest absolute Gasteiger partial charge is 0.504 e. The maximum atomic E-state index is 11.5. The van der Waals surface area contributed by atoms with Gasteiger partial charge in [-0.25, -0.2) is 0 Å². The molecule has 16 heavy (non-hydrogen) atoms. The van der Waals surface area contributed by atoms with Crippen LogP contribution in [0.25, 0.3) is 0 Å². The van der Waals surface area contributed by atoms with Crippen molar-refractivity contribution in [3.05, 3.63) is 23.8 Å². The molecule has 1 aromatic carbocycles. The maximum absolute atomic E-state index is 11.5. The summed E-state index contributed by atoms with van der Waals surface area (Å²) in [7, 11) is 0. The number of aldehydes is 1. The number of phenolic OH excluding ortho intramolecular Hbond substituents is 1. The molecule has 0 unspecified atom stereocenters. The van der Waals surface area contributed by atoms with Crippen LogP contribution in [-0.2, 0) is 4.79 Å². The van der Waals surface area contributed by atoms with E-state index in [2.05, 4.69) is 0 Å². The molecule has 0 aromatic heterocycles. The Labute approximate surface area is 93.9 Å². The normalized spacial score (nSPS) is 10.9. The van der Waals surface area contributed by atoms with Gasteiger partial charge in [0.25, 0.3) is 0 Å². The van der Waals surface area contributed by atoms with E-state index < -0.39 is 11.4 Å². The lowest BCUT2D eigenvalue weighted by molar-refractivity contribution is -0.143. The zero-order valence-electron chi connectivity index (χ0n) is 9.48. The molecule has 0 saturated heterocycles. The van der Waals surface area contributed by atoms with Crippen LogP contribution in [0.15, 0.2) is 18.2 Å². The second-order valence-corrected chi connectivity index (χ2v) is 4.48.